The number of nitrogens with zero attached hydrogens (tertiary/aromatic N) is 2. The number of benzene rings is 1. The van der Waals surface area contributed by atoms with Crippen molar-refractivity contribution in [3.63, 3.8) is 0 Å². The van der Waals surface area contributed by atoms with Crippen molar-refractivity contribution in [1.82, 2.24) is 0 Å². The molecule has 1 heterocycles. The Kier molecular flexibility index (Phi) is 6.85. The molecule has 2 aliphatic rings. The smallest absolute Gasteiger partial charge is 0.337 e. The van der Waals surface area contributed by atoms with Crippen LogP contribution in [0.2, 0.25) is 0 Å². The maximum absolute atomic E-state index is 11.6. The molecular formula is C22H26N2O4. The number of rotatable bonds is 11. The Balaban J connectivity index is 1.53. The van der Waals surface area contributed by atoms with Crippen molar-refractivity contribution in [2.75, 3.05) is 31.3 Å². The molecule has 0 amide bonds. The maximum Gasteiger partial charge on any atom is 0.337 e. The van der Waals surface area contributed by atoms with Crippen LogP contribution < -0.4 is 4.90 Å². The van der Waals surface area contributed by atoms with E-state index in [0.29, 0.717) is 44.5 Å². The van der Waals surface area contributed by atoms with E-state index in [2.05, 4.69) is 29.7 Å². The summed E-state index contributed by atoms with van der Waals surface area (Å²) >= 11 is 0. The molecule has 1 fully saturated rings. The standard InChI is InChI=1S/C22H26N2O4/c1-16-19-14-17(4-2-10-27-12-13-28-11-3-9-23)5-8-21(19)24(18-6-7-18)15-20(16)22(25)26/h5,8,14-15,18H,1-4,6-7,10-13H2,(H,25,26). The topological polar surface area (TPSA) is 82.8 Å². The summed E-state index contributed by atoms with van der Waals surface area (Å²) < 4.78 is 10.8. The molecule has 28 heavy (non-hydrogen) atoms. The molecule has 0 bridgehead atoms. The van der Waals surface area contributed by atoms with E-state index in [-0.39, 0.29) is 5.57 Å². The Hall–Kier alpha value is -2.62. The highest BCUT2D eigenvalue weighted by molar-refractivity contribution is 6.08. The number of carbonyl (C=O) groups is 1. The van der Waals surface area contributed by atoms with Gasteiger partial charge in [0.2, 0.25) is 0 Å². The van der Waals surface area contributed by atoms with Gasteiger partial charge in [-0.3, -0.25) is 0 Å². The van der Waals surface area contributed by atoms with Gasteiger partial charge in [0, 0.05) is 30.1 Å². The molecule has 0 radical (unpaired) electrons. The zero-order valence-corrected chi connectivity index (χ0v) is 16.0. The molecule has 0 aromatic heterocycles. The van der Waals surface area contributed by atoms with Crippen LogP contribution in [0.5, 0.6) is 0 Å². The van der Waals surface area contributed by atoms with Gasteiger partial charge >= 0.3 is 5.97 Å². The van der Waals surface area contributed by atoms with E-state index in [9.17, 15) is 9.90 Å². The van der Waals surface area contributed by atoms with Gasteiger partial charge in [0.15, 0.2) is 0 Å². The fraction of sp³-hybridized carbons (Fsp3) is 0.455. The molecule has 6 nitrogen and oxygen atoms in total. The average molecular weight is 382 g/mol. The van der Waals surface area contributed by atoms with E-state index >= 15 is 0 Å². The zero-order chi connectivity index (χ0) is 19.9. The number of nitriles is 1. The number of fused-ring (bicyclic) bond motifs is 1. The summed E-state index contributed by atoms with van der Waals surface area (Å²) in [5, 5.41) is 17.9. The number of aliphatic carboxylic acids is 1. The van der Waals surface area contributed by atoms with Crippen molar-refractivity contribution in [3.8, 4) is 6.07 Å². The molecule has 0 spiro atoms. The van der Waals surface area contributed by atoms with Crippen LogP contribution in [0.3, 0.4) is 0 Å². The summed E-state index contributed by atoms with van der Waals surface area (Å²) in [6.45, 7) is 6.14. The lowest BCUT2D eigenvalue weighted by molar-refractivity contribution is -0.132. The zero-order valence-electron chi connectivity index (χ0n) is 16.0. The molecule has 1 aromatic rings. The lowest BCUT2D eigenvalue weighted by atomic mass is 9.92. The van der Waals surface area contributed by atoms with Crippen molar-refractivity contribution >= 4 is 17.2 Å². The summed E-state index contributed by atoms with van der Waals surface area (Å²) in [6, 6.07) is 8.67. The van der Waals surface area contributed by atoms with Crippen LogP contribution in [0.15, 0.2) is 36.6 Å². The Morgan fingerprint density at radius 1 is 1.25 bits per heavy atom. The second-order valence-electron chi connectivity index (χ2n) is 7.05. The van der Waals surface area contributed by atoms with Gasteiger partial charge in [-0.2, -0.15) is 5.26 Å². The van der Waals surface area contributed by atoms with Gasteiger partial charge in [-0.15, -0.1) is 0 Å². The number of aryl methyl sites for hydroxylation is 1. The molecule has 0 unspecified atom stereocenters. The van der Waals surface area contributed by atoms with Crippen LogP contribution in [0.4, 0.5) is 5.69 Å². The van der Waals surface area contributed by atoms with E-state index in [1.165, 1.54) is 0 Å². The van der Waals surface area contributed by atoms with Gasteiger partial charge in [0.1, 0.15) is 0 Å². The summed E-state index contributed by atoms with van der Waals surface area (Å²) in [6.07, 6.45) is 6.05. The average Bonchev–Trinajstić information content (AvgIpc) is 3.52. The number of ether oxygens (including phenoxy) is 2. The SMILES string of the molecule is C=C1C(C(=O)O)=CN(C2CC2)c2ccc(CCCOCCOCCC#N)cc21. The minimum Gasteiger partial charge on any atom is -0.478 e. The van der Waals surface area contributed by atoms with Crippen molar-refractivity contribution in [2.45, 2.75) is 38.1 Å². The summed E-state index contributed by atoms with van der Waals surface area (Å²) in [4.78, 5) is 13.7. The predicted molar refractivity (Wildman–Crippen MR) is 107 cm³/mol. The summed E-state index contributed by atoms with van der Waals surface area (Å²) in [5.41, 5.74) is 3.96. The Bertz CT molecular complexity index is 805. The third-order valence-corrected chi connectivity index (χ3v) is 4.91. The molecule has 1 aromatic carbocycles. The van der Waals surface area contributed by atoms with Crippen LogP contribution in [0.25, 0.3) is 5.57 Å². The molecule has 1 aliphatic heterocycles. The first-order valence-electron chi connectivity index (χ1n) is 9.70. The largest absolute Gasteiger partial charge is 0.478 e. The quantitative estimate of drug-likeness (QED) is 0.590. The second-order valence-corrected chi connectivity index (χ2v) is 7.05. The van der Waals surface area contributed by atoms with Gasteiger partial charge in [-0.25, -0.2) is 4.79 Å². The number of anilines is 1. The number of hydrogen-bond acceptors (Lipinski definition) is 5. The summed E-state index contributed by atoms with van der Waals surface area (Å²) in [7, 11) is 0. The first-order chi connectivity index (χ1) is 13.6. The Morgan fingerprint density at radius 2 is 2.00 bits per heavy atom. The van der Waals surface area contributed by atoms with Gasteiger partial charge in [0.25, 0.3) is 0 Å². The van der Waals surface area contributed by atoms with Crippen LogP contribution in [0, 0.1) is 11.3 Å². The van der Waals surface area contributed by atoms with Gasteiger partial charge in [-0.05, 0) is 49.0 Å². The monoisotopic (exact) mass is 382 g/mol. The van der Waals surface area contributed by atoms with Crippen molar-refractivity contribution in [1.29, 1.82) is 5.26 Å². The maximum atomic E-state index is 11.6. The third kappa shape index (κ3) is 5.00. The fourth-order valence-electron chi connectivity index (χ4n) is 3.29. The fourth-order valence-corrected chi connectivity index (χ4v) is 3.29. The van der Waals surface area contributed by atoms with E-state index in [1.807, 2.05) is 6.07 Å². The molecule has 3 rings (SSSR count). The minimum atomic E-state index is -0.933. The number of carboxylic acids is 1. The van der Waals surface area contributed by atoms with E-state index in [1.54, 1.807) is 6.20 Å². The predicted octanol–water partition coefficient (Wildman–Crippen LogP) is 3.53. The van der Waals surface area contributed by atoms with E-state index in [0.717, 1.165) is 42.5 Å². The highest BCUT2D eigenvalue weighted by atomic mass is 16.5. The molecule has 148 valence electrons. The van der Waals surface area contributed by atoms with E-state index in [4.69, 9.17) is 14.7 Å². The highest BCUT2D eigenvalue weighted by Crippen LogP contribution is 2.42. The number of hydrogen-bond donors (Lipinski definition) is 1. The van der Waals surface area contributed by atoms with Gasteiger partial charge in [0.05, 0.1) is 37.9 Å². The Labute approximate surface area is 165 Å². The van der Waals surface area contributed by atoms with Crippen LogP contribution in [-0.2, 0) is 20.7 Å². The molecule has 1 aliphatic carbocycles. The van der Waals surface area contributed by atoms with Gasteiger partial charge in [-0.1, -0.05) is 12.6 Å². The lowest BCUT2D eigenvalue weighted by Gasteiger charge is -2.30. The second kappa shape index (κ2) is 9.54. The molecule has 1 saturated carbocycles. The van der Waals surface area contributed by atoms with Crippen LogP contribution in [-0.4, -0.2) is 43.5 Å². The molecule has 1 N–H and O–H groups in total. The van der Waals surface area contributed by atoms with E-state index < -0.39 is 5.97 Å². The first kappa shape index (κ1) is 20.1. The third-order valence-electron chi connectivity index (χ3n) is 4.91. The van der Waals surface area contributed by atoms with Gasteiger partial charge < -0.3 is 19.5 Å². The van der Waals surface area contributed by atoms with Crippen molar-refractivity contribution in [3.05, 3.63) is 47.7 Å². The lowest BCUT2D eigenvalue weighted by Crippen LogP contribution is -2.26. The highest BCUT2D eigenvalue weighted by Gasteiger charge is 2.34. The molecule has 6 heteroatoms. The molecule has 0 saturated heterocycles. The molecule has 0 atom stereocenters. The molecular weight excluding hydrogens is 356 g/mol. The summed E-state index contributed by atoms with van der Waals surface area (Å²) in [5.74, 6) is -0.933. The number of carboxylic acid groups (broad SMARTS) is 1. The van der Waals surface area contributed by atoms with Crippen molar-refractivity contribution < 1.29 is 19.4 Å². The minimum absolute atomic E-state index is 0.274. The normalized spacial score (nSPS) is 15.8. The first-order valence-corrected chi connectivity index (χ1v) is 9.70. The van der Waals surface area contributed by atoms with Crippen molar-refractivity contribution in [2.24, 2.45) is 0 Å². The van der Waals surface area contributed by atoms with Crippen LogP contribution in [0.1, 0.15) is 36.8 Å². The Morgan fingerprint density at radius 3 is 2.68 bits per heavy atom. The van der Waals surface area contributed by atoms with Crippen LogP contribution >= 0.6 is 0 Å².